The minimum Gasteiger partial charge on any atom is -0.314 e. The molecule has 0 saturated carbocycles. The van der Waals surface area contributed by atoms with Crippen LogP contribution in [0.3, 0.4) is 0 Å². The Morgan fingerprint density at radius 2 is 1.75 bits per heavy atom. The van der Waals surface area contributed by atoms with Crippen LogP contribution in [-0.4, -0.2) is 12.6 Å². The predicted octanol–water partition coefficient (Wildman–Crippen LogP) is 3.56. The fourth-order valence-electron chi connectivity index (χ4n) is 2.00. The fraction of sp³-hybridized carbons (Fsp3) is 0.600. The van der Waals surface area contributed by atoms with Crippen LogP contribution in [0.4, 0.5) is 0 Å². The molecule has 0 amide bonds. The van der Waals surface area contributed by atoms with E-state index in [0.29, 0.717) is 6.04 Å². The lowest BCUT2D eigenvalue weighted by molar-refractivity contribution is 0.371. The Balaban J connectivity index is 2.63. The number of aryl methyl sites for hydroxylation is 1. The molecule has 1 aromatic carbocycles. The number of nitrogens with one attached hydrogen (secondary N) is 1. The molecule has 1 aromatic rings. The fourth-order valence-corrected chi connectivity index (χ4v) is 2.00. The van der Waals surface area contributed by atoms with Crippen molar-refractivity contribution in [1.82, 2.24) is 5.32 Å². The van der Waals surface area contributed by atoms with Gasteiger partial charge in [-0.2, -0.15) is 0 Å². The van der Waals surface area contributed by atoms with Crippen molar-refractivity contribution in [3.63, 3.8) is 0 Å². The smallest absolute Gasteiger partial charge is 0.0133 e. The van der Waals surface area contributed by atoms with E-state index in [-0.39, 0.29) is 0 Å². The van der Waals surface area contributed by atoms with E-state index in [0.717, 1.165) is 18.9 Å². The largest absolute Gasteiger partial charge is 0.314 e. The minimum absolute atomic E-state index is 0.609. The van der Waals surface area contributed by atoms with Crippen molar-refractivity contribution in [1.29, 1.82) is 0 Å². The van der Waals surface area contributed by atoms with Gasteiger partial charge in [-0.25, -0.2) is 0 Å². The van der Waals surface area contributed by atoms with Crippen LogP contribution in [-0.2, 0) is 6.42 Å². The maximum atomic E-state index is 3.60. The maximum Gasteiger partial charge on any atom is 0.0133 e. The summed E-state index contributed by atoms with van der Waals surface area (Å²) in [6, 6.07) is 9.52. The van der Waals surface area contributed by atoms with Crippen LogP contribution in [0.25, 0.3) is 0 Å². The Hall–Kier alpha value is -0.820. The van der Waals surface area contributed by atoms with Gasteiger partial charge in [0.15, 0.2) is 0 Å². The molecule has 1 N–H and O–H groups in total. The number of benzene rings is 1. The first-order valence-electron chi connectivity index (χ1n) is 6.46. The first-order valence-corrected chi connectivity index (χ1v) is 6.46. The van der Waals surface area contributed by atoms with E-state index < -0.39 is 0 Å². The molecule has 2 atom stereocenters. The zero-order valence-electron chi connectivity index (χ0n) is 11.1. The summed E-state index contributed by atoms with van der Waals surface area (Å²) in [4.78, 5) is 0. The number of likely N-dealkylation sites (N-methyl/N-ethyl adjacent to an activating group) is 1. The van der Waals surface area contributed by atoms with Crippen LogP contribution in [0.2, 0.25) is 0 Å². The second kappa shape index (κ2) is 6.70. The average molecular weight is 219 g/mol. The average Bonchev–Trinajstić information content (AvgIpc) is 2.30. The predicted molar refractivity (Wildman–Crippen MR) is 71.8 cm³/mol. The Labute approximate surface area is 100 Å². The van der Waals surface area contributed by atoms with Gasteiger partial charge in [0.05, 0.1) is 0 Å². The van der Waals surface area contributed by atoms with Gasteiger partial charge in [-0.3, -0.25) is 0 Å². The molecular formula is C15H25N. The summed E-state index contributed by atoms with van der Waals surface area (Å²) < 4.78 is 0. The molecule has 1 heteroatoms. The van der Waals surface area contributed by atoms with E-state index in [1.807, 2.05) is 0 Å². The molecular weight excluding hydrogens is 194 g/mol. The molecule has 0 aliphatic rings. The van der Waals surface area contributed by atoms with Gasteiger partial charge in [0.1, 0.15) is 0 Å². The van der Waals surface area contributed by atoms with Gasteiger partial charge in [0, 0.05) is 6.04 Å². The zero-order valence-corrected chi connectivity index (χ0v) is 11.1. The molecule has 1 unspecified atom stereocenters. The van der Waals surface area contributed by atoms with Gasteiger partial charge in [-0.15, -0.1) is 0 Å². The lowest BCUT2D eigenvalue weighted by Crippen LogP contribution is -2.36. The van der Waals surface area contributed by atoms with E-state index in [9.17, 15) is 0 Å². The molecule has 0 aliphatic carbocycles. The SMILES string of the molecule is CCN[C@@H](Cc1ccc(C)cc1)C(C)CC. The molecule has 0 radical (unpaired) electrons. The Bertz CT molecular complexity index is 289. The van der Waals surface area contributed by atoms with Gasteiger partial charge >= 0.3 is 0 Å². The maximum absolute atomic E-state index is 3.60. The molecule has 0 aromatic heterocycles. The van der Waals surface area contributed by atoms with Crippen molar-refractivity contribution < 1.29 is 0 Å². The highest BCUT2D eigenvalue weighted by atomic mass is 14.9. The molecule has 1 rings (SSSR count). The monoisotopic (exact) mass is 219 g/mol. The summed E-state index contributed by atoms with van der Waals surface area (Å²) >= 11 is 0. The highest BCUT2D eigenvalue weighted by molar-refractivity contribution is 5.22. The molecule has 90 valence electrons. The standard InChI is InChI=1S/C15H25N/c1-5-13(4)15(16-6-2)11-14-9-7-12(3)8-10-14/h7-10,13,15-16H,5-6,11H2,1-4H3/t13?,15-/m0/s1. The van der Waals surface area contributed by atoms with Gasteiger partial charge in [-0.1, -0.05) is 57.0 Å². The third-order valence-corrected chi connectivity index (χ3v) is 3.37. The van der Waals surface area contributed by atoms with Crippen LogP contribution < -0.4 is 5.32 Å². The molecule has 16 heavy (non-hydrogen) atoms. The van der Waals surface area contributed by atoms with E-state index in [4.69, 9.17) is 0 Å². The zero-order chi connectivity index (χ0) is 12.0. The molecule has 0 bridgehead atoms. The molecule has 0 spiro atoms. The van der Waals surface area contributed by atoms with Crippen molar-refractivity contribution in [3.8, 4) is 0 Å². The van der Waals surface area contributed by atoms with Gasteiger partial charge in [0.2, 0.25) is 0 Å². The summed E-state index contributed by atoms with van der Waals surface area (Å²) in [6.07, 6.45) is 2.38. The van der Waals surface area contributed by atoms with Crippen molar-refractivity contribution in [2.24, 2.45) is 5.92 Å². The molecule has 0 heterocycles. The first-order chi connectivity index (χ1) is 7.67. The van der Waals surface area contributed by atoms with Crippen LogP contribution in [0.1, 0.15) is 38.3 Å². The Kier molecular flexibility index (Phi) is 5.54. The highest BCUT2D eigenvalue weighted by Crippen LogP contribution is 2.14. The van der Waals surface area contributed by atoms with Crippen molar-refractivity contribution in [2.45, 2.75) is 46.6 Å². The normalized spacial score (nSPS) is 14.8. The number of rotatable bonds is 6. The Morgan fingerprint density at radius 3 is 2.25 bits per heavy atom. The summed E-state index contributed by atoms with van der Waals surface area (Å²) in [7, 11) is 0. The first kappa shape index (κ1) is 13.2. The lowest BCUT2D eigenvalue weighted by atomic mass is 9.92. The second-order valence-electron chi connectivity index (χ2n) is 4.74. The van der Waals surface area contributed by atoms with Crippen LogP contribution >= 0.6 is 0 Å². The topological polar surface area (TPSA) is 12.0 Å². The van der Waals surface area contributed by atoms with Crippen LogP contribution in [0, 0.1) is 12.8 Å². The van der Waals surface area contributed by atoms with Gasteiger partial charge in [0.25, 0.3) is 0 Å². The van der Waals surface area contributed by atoms with Crippen LogP contribution in [0.5, 0.6) is 0 Å². The van der Waals surface area contributed by atoms with Gasteiger partial charge in [-0.05, 0) is 31.4 Å². The molecule has 0 saturated heterocycles. The summed E-state index contributed by atoms with van der Waals surface area (Å²) in [5, 5.41) is 3.60. The van der Waals surface area contributed by atoms with E-state index in [1.54, 1.807) is 0 Å². The lowest BCUT2D eigenvalue weighted by Gasteiger charge is -2.24. The third-order valence-electron chi connectivity index (χ3n) is 3.37. The van der Waals surface area contributed by atoms with Crippen molar-refractivity contribution in [2.75, 3.05) is 6.54 Å². The summed E-state index contributed by atoms with van der Waals surface area (Å²) in [6.45, 7) is 9.98. The van der Waals surface area contributed by atoms with E-state index in [1.165, 1.54) is 17.5 Å². The number of hydrogen-bond acceptors (Lipinski definition) is 1. The van der Waals surface area contributed by atoms with Crippen molar-refractivity contribution >= 4 is 0 Å². The quantitative estimate of drug-likeness (QED) is 0.771. The second-order valence-corrected chi connectivity index (χ2v) is 4.74. The number of hydrogen-bond donors (Lipinski definition) is 1. The third kappa shape index (κ3) is 3.97. The Morgan fingerprint density at radius 1 is 1.12 bits per heavy atom. The molecule has 0 aliphatic heterocycles. The highest BCUT2D eigenvalue weighted by Gasteiger charge is 2.14. The van der Waals surface area contributed by atoms with Crippen LogP contribution in [0.15, 0.2) is 24.3 Å². The van der Waals surface area contributed by atoms with E-state index in [2.05, 4.69) is 57.3 Å². The van der Waals surface area contributed by atoms with Gasteiger partial charge < -0.3 is 5.32 Å². The van der Waals surface area contributed by atoms with E-state index >= 15 is 0 Å². The molecule has 0 fully saturated rings. The minimum atomic E-state index is 0.609. The van der Waals surface area contributed by atoms with Crippen molar-refractivity contribution in [3.05, 3.63) is 35.4 Å². The summed E-state index contributed by atoms with van der Waals surface area (Å²) in [5.41, 5.74) is 2.78. The summed E-state index contributed by atoms with van der Waals surface area (Å²) in [5.74, 6) is 0.737. The molecule has 1 nitrogen and oxygen atoms in total.